The summed E-state index contributed by atoms with van der Waals surface area (Å²) < 4.78 is 13.9. The molecule has 0 amide bonds. The normalized spacial score (nSPS) is 12.7. The van der Waals surface area contributed by atoms with Gasteiger partial charge in [-0.3, -0.25) is 0 Å². The molecule has 1 aromatic heterocycles. The second kappa shape index (κ2) is 6.02. The highest BCUT2D eigenvalue weighted by molar-refractivity contribution is 7.16. The molecule has 2 aromatic rings. The Morgan fingerprint density at radius 2 is 2.06 bits per heavy atom. The molecule has 0 spiro atoms. The smallest absolute Gasteiger partial charge is 0.141 e. The fourth-order valence-corrected chi connectivity index (χ4v) is 3.12. The molecule has 1 unspecified atom stereocenters. The van der Waals surface area contributed by atoms with Crippen LogP contribution in [0.1, 0.15) is 23.4 Å². The van der Waals surface area contributed by atoms with E-state index in [4.69, 9.17) is 23.2 Å². The van der Waals surface area contributed by atoms with Crippen LogP contribution in [0, 0.1) is 5.82 Å². The molecule has 0 saturated carbocycles. The fourth-order valence-electron chi connectivity index (χ4n) is 1.76. The van der Waals surface area contributed by atoms with E-state index in [-0.39, 0.29) is 11.1 Å². The Morgan fingerprint density at radius 1 is 1.28 bits per heavy atom. The van der Waals surface area contributed by atoms with E-state index in [9.17, 15) is 4.39 Å². The zero-order valence-corrected chi connectivity index (χ0v) is 12.0. The lowest BCUT2D eigenvalue weighted by Crippen LogP contribution is -2.21. The van der Waals surface area contributed by atoms with Gasteiger partial charge in [-0.2, -0.15) is 0 Å². The SMILES string of the molecule is CCNC(c1ccc(F)c(Cl)c1)c1ccc(Cl)s1. The van der Waals surface area contributed by atoms with Gasteiger partial charge in [0, 0.05) is 4.88 Å². The van der Waals surface area contributed by atoms with Gasteiger partial charge in [-0.05, 0) is 36.4 Å². The first-order chi connectivity index (χ1) is 8.61. The summed E-state index contributed by atoms with van der Waals surface area (Å²) in [6, 6.07) is 8.59. The van der Waals surface area contributed by atoms with E-state index in [0.717, 1.165) is 21.3 Å². The van der Waals surface area contributed by atoms with Crippen molar-refractivity contribution >= 4 is 34.5 Å². The Hall–Kier alpha value is -0.610. The van der Waals surface area contributed by atoms with Gasteiger partial charge >= 0.3 is 0 Å². The summed E-state index contributed by atoms with van der Waals surface area (Å²) in [6.45, 7) is 2.82. The molecule has 0 saturated heterocycles. The van der Waals surface area contributed by atoms with Crippen LogP contribution in [-0.4, -0.2) is 6.54 Å². The first kappa shape index (κ1) is 13.8. The Morgan fingerprint density at radius 3 is 2.61 bits per heavy atom. The van der Waals surface area contributed by atoms with Crippen molar-refractivity contribution in [2.75, 3.05) is 6.54 Å². The van der Waals surface area contributed by atoms with Crippen LogP contribution in [0.5, 0.6) is 0 Å². The second-order valence-corrected chi connectivity index (χ2v) is 5.96. The molecule has 96 valence electrons. The molecule has 1 nitrogen and oxygen atoms in total. The van der Waals surface area contributed by atoms with E-state index in [1.54, 1.807) is 12.1 Å². The van der Waals surface area contributed by atoms with Crippen LogP contribution < -0.4 is 5.32 Å². The van der Waals surface area contributed by atoms with Crippen LogP contribution in [-0.2, 0) is 0 Å². The van der Waals surface area contributed by atoms with E-state index >= 15 is 0 Å². The van der Waals surface area contributed by atoms with Crippen LogP contribution in [0.2, 0.25) is 9.36 Å². The second-order valence-electron chi connectivity index (χ2n) is 3.81. The fraction of sp³-hybridized carbons (Fsp3) is 0.231. The molecule has 0 radical (unpaired) electrons. The molecule has 1 aromatic carbocycles. The minimum atomic E-state index is -0.403. The molecular weight excluding hydrogens is 292 g/mol. The van der Waals surface area contributed by atoms with E-state index in [1.807, 2.05) is 19.1 Å². The number of hydrogen-bond donors (Lipinski definition) is 1. The Labute approximate surface area is 120 Å². The van der Waals surface area contributed by atoms with Crippen molar-refractivity contribution < 1.29 is 4.39 Å². The van der Waals surface area contributed by atoms with E-state index in [2.05, 4.69) is 5.32 Å². The number of nitrogens with one attached hydrogen (secondary N) is 1. The lowest BCUT2D eigenvalue weighted by atomic mass is 10.1. The number of halogens is 3. The summed E-state index contributed by atoms with van der Waals surface area (Å²) in [4.78, 5) is 1.09. The number of thiophene rings is 1. The lowest BCUT2D eigenvalue weighted by molar-refractivity contribution is 0.617. The predicted octanol–water partition coefficient (Wildman–Crippen LogP) is 4.89. The van der Waals surface area contributed by atoms with E-state index in [0.29, 0.717) is 0 Å². The summed E-state index contributed by atoms with van der Waals surface area (Å²) in [5, 5.41) is 3.48. The highest BCUT2D eigenvalue weighted by atomic mass is 35.5. The average Bonchev–Trinajstić information content (AvgIpc) is 2.76. The Balaban J connectivity index is 2.37. The van der Waals surface area contributed by atoms with Crippen LogP contribution in [0.4, 0.5) is 4.39 Å². The standard InChI is InChI=1S/C13H12Cl2FNS/c1-2-17-13(11-5-6-12(15)18-11)8-3-4-10(16)9(14)7-8/h3-7,13,17H,2H2,1H3. The Bertz CT molecular complexity index is 542. The molecule has 1 heterocycles. The van der Waals surface area contributed by atoms with Gasteiger partial charge < -0.3 is 5.32 Å². The molecule has 0 aliphatic heterocycles. The summed E-state index contributed by atoms with van der Waals surface area (Å²) in [5.41, 5.74) is 0.932. The summed E-state index contributed by atoms with van der Waals surface area (Å²) >= 11 is 13.3. The van der Waals surface area contributed by atoms with Crippen LogP contribution in [0.25, 0.3) is 0 Å². The van der Waals surface area contributed by atoms with Crippen molar-refractivity contribution in [3.63, 3.8) is 0 Å². The molecule has 1 atom stereocenters. The number of benzene rings is 1. The molecule has 5 heteroatoms. The van der Waals surface area contributed by atoms with Crippen molar-refractivity contribution in [3.05, 3.63) is 55.9 Å². The molecule has 1 N–H and O–H groups in total. The molecular formula is C13H12Cl2FNS. The maximum atomic E-state index is 13.2. The predicted molar refractivity (Wildman–Crippen MR) is 76.3 cm³/mol. The van der Waals surface area contributed by atoms with Crippen LogP contribution in [0.3, 0.4) is 0 Å². The van der Waals surface area contributed by atoms with E-state index < -0.39 is 5.82 Å². The first-order valence-corrected chi connectivity index (χ1v) is 7.12. The van der Waals surface area contributed by atoms with Crippen molar-refractivity contribution in [2.45, 2.75) is 13.0 Å². The van der Waals surface area contributed by atoms with Gasteiger partial charge in [0.2, 0.25) is 0 Å². The van der Waals surface area contributed by atoms with E-state index in [1.165, 1.54) is 17.4 Å². The van der Waals surface area contributed by atoms with Gasteiger partial charge in [-0.25, -0.2) is 4.39 Å². The highest BCUT2D eigenvalue weighted by Gasteiger charge is 2.16. The van der Waals surface area contributed by atoms with Crippen LogP contribution in [0.15, 0.2) is 30.3 Å². The molecule has 18 heavy (non-hydrogen) atoms. The molecule has 0 aliphatic carbocycles. The van der Waals surface area contributed by atoms with Crippen molar-refractivity contribution in [2.24, 2.45) is 0 Å². The quantitative estimate of drug-likeness (QED) is 0.847. The van der Waals surface area contributed by atoms with Gasteiger partial charge in [0.1, 0.15) is 5.82 Å². The molecule has 0 fully saturated rings. The monoisotopic (exact) mass is 303 g/mol. The molecule has 0 bridgehead atoms. The maximum absolute atomic E-state index is 13.2. The minimum Gasteiger partial charge on any atom is -0.306 e. The van der Waals surface area contributed by atoms with Gasteiger partial charge in [-0.15, -0.1) is 11.3 Å². The van der Waals surface area contributed by atoms with Gasteiger partial charge in [0.25, 0.3) is 0 Å². The summed E-state index contributed by atoms with van der Waals surface area (Å²) in [6.07, 6.45) is 0. The zero-order valence-electron chi connectivity index (χ0n) is 9.71. The summed E-state index contributed by atoms with van der Waals surface area (Å²) in [7, 11) is 0. The largest absolute Gasteiger partial charge is 0.306 e. The third-order valence-electron chi connectivity index (χ3n) is 2.56. The Kier molecular flexibility index (Phi) is 4.62. The van der Waals surface area contributed by atoms with Gasteiger partial charge in [-0.1, -0.05) is 36.2 Å². The number of hydrogen-bond acceptors (Lipinski definition) is 2. The van der Waals surface area contributed by atoms with Crippen molar-refractivity contribution in [1.29, 1.82) is 0 Å². The van der Waals surface area contributed by atoms with Gasteiger partial charge in [0.15, 0.2) is 0 Å². The zero-order chi connectivity index (χ0) is 13.1. The number of rotatable bonds is 4. The van der Waals surface area contributed by atoms with Crippen molar-refractivity contribution in [1.82, 2.24) is 5.32 Å². The molecule has 2 rings (SSSR count). The lowest BCUT2D eigenvalue weighted by Gasteiger charge is -2.17. The maximum Gasteiger partial charge on any atom is 0.141 e. The minimum absolute atomic E-state index is 0.00870. The van der Waals surface area contributed by atoms with Crippen LogP contribution >= 0.6 is 34.5 Å². The van der Waals surface area contributed by atoms with Crippen molar-refractivity contribution in [3.8, 4) is 0 Å². The highest BCUT2D eigenvalue weighted by Crippen LogP contribution is 2.32. The summed E-state index contributed by atoms with van der Waals surface area (Å²) in [5.74, 6) is -0.403. The molecule has 0 aliphatic rings. The average molecular weight is 304 g/mol. The third-order valence-corrected chi connectivity index (χ3v) is 4.15. The first-order valence-electron chi connectivity index (χ1n) is 5.55. The third kappa shape index (κ3) is 3.04. The van der Waals surface area contributed by atoms with Gasteiger partial charge in [0.05, 0.1) is 15.4 Å². The topological polar surface area (TPSA) is 12.0 Å².